The van der Waals surface area contributed by atoms with Crippen LogP contribution in [-0.2, 0) is 5.41 Å². The van der Waals surface area contributed by atoms with Crippen LogP contribution in [0.15, 0.2) is 18.2 Å². The summed E-state index contributed by atoms with van der Waals surface area (Å²) in [6, 6.07) is 5.81. The monoisotopic (exact) mass is 271 g/mol. The molecule has 0 atom stereocenters. The lowest BCUT2D eigenvalue weighted by Crippen LogP contribution is -2.35. The average Bonchev–Trinajstić information content (AvgIpc) is 2.55. The Morgan fingerprint density at radius 1 is 1.06 bits per heavy atom. The van der Waals surface area contributed by atoms with Crippen LogP contribution in [0, 0.1) is 0 Å². The highest BCUT2D eigenvalue weighted by Crippen LogP contribution is 2.41. The van der Waals surface area contributed by atoms with E-state index in [9.17, 15) is 0 Å². The van der Waals surface area contributed by atoms with Crippen LogP contribution in [0.4, 0.5) is 0 Å². The lowest BCUT2D eigenvalue weighted by atomic mass is 9.74. The predicted molar refractivity (Wildman–Crippen MR) is 74.9 cm³/mol. The normalized spacial score (nSPS) is 19.9. The van der Waals surface area contributed by atoms with Gasteiger partial charge in [-0.1, -0.05) is 55.0 Å². The van der Waals surface area contributed by atoms with Crippen molar-refractivity contribution in [3.8, 4) is 0 Å². The minimum absolute atomic E-state index is 0.0676. The largest absolute Gasteiger partial charge is 0.330 e. The minimum atomic E-state index is 0.0676. The van der Waals surface area contributed by atoms with E-state index in [4.69, 9.17) is 28.9 Å². The molecule has 1 aliphatic rings. The highest BCUT2D eigenvalue weighted by atomic mass is 35.5. The first-order chi connectivity index (χ1) is 8.18. The van der Waals surface area contributed by atoms with E-state index in [-0.39, 0.29) is 5.41 Å². The minimum Gasteiger partial charge on any atom is -0.330 e. The Balaban J connectivity index is 2.38. The van der Waals surface area contributed by atoms with Crippen LogP contribution in [0.5, 0.6) is 0 Å². The average molecular weight is 272 g/mol. The molecule has 3 heteroatoms. The standard InChI is InChI=1S/C14H19Cl2N/c15-11-5-6-12(13(16)9-11)14(10-17)7-3-1-2-4-8-14/h5-6,9H,1-4,7-8,10,17H2. The zero-order valence-electron chi connectivity index (χ0n) is 10.0. The molecule has 1 fully saturated rings. The van der Waals surface area contributed by atoms with E-state index in [1.54, 1.807) is 0 Å². The first-order valence-electron chi connectivity index (χ1n) is 6.33. The highest BCUT2D eigenvalue weighted by Gasteiger charge is 2.33. The second-order valence-corrected chi connectivity index (χ2v) is 5.87. The SMILES string of the molecule is NCC1(c2ccc(Cl)cc2Cl)CCCCCC1. The van der Waals surface area contributed by atoms with Crippen LogP contribution in [0.1, 0.15) is 44.1 Å². The zero-order valence-corrected chi connectivity index (χ0v) is 11.5. The summed E-state index contributed by atoms with van der Waals surface area (Å²) >= 11 is 12.3. The van der Waals surface area contributed by atoms with Gasteiger partial charge < -0.3 is 5.73 Å². The van der Waals surface area contributed by atoms with E-state index in [0.717, 1.165) is 17.9 Å². The number of benzene rings is 1. The Bertz CT molecular complexity index is 382. The number of rotatable bonds is 2. The molecule has 0 aromatic heterocycles. The summed E-state index contributed by atoms with van der Waals surface area (Å²) in [5.41, 5.74) is 7.31. The molecule has 0 amide bonds. The molecule has 0 heterocycles. The van der Waals surface area contributed by atoms with Crippen molar-refractivity contribution >= 4 is 23.2 Å². The molecule has 0 saturated heterocycles. The first kappa shape index (κ1) is 13.2. The van der Waals surface area contributed by atoms with Crippen LogP contribution in [-0.4, -0.2) is 6.54 Å². The van der Waals surface area contributed by atoms with Crippen molar-refractivity contribution in [1.82, 2.24) is 0 Å². The molecule has 0 aliphatic heterocycles. The van der Waals surface area contributed by atoms with Crippen molar-refractivity contribution in [3.63, 3.8) is 0 Å². The smallest absolute Gasteiger partial charge is 0.0458 e. The number of halogens is 2. The molecule has 0 spiro atoms. The third-order valence-electron chi connectivity index (χ3n) is 3.95. The van der Waals surface area contributed by atoms with Crippen molar-refractivity contribution in [1.29, 1.82) is 0 Å². The van der Waals surface area contributed by atoms with E-state index >= 15 is 0 Å². The van der Waals surface area contributed by atoms with Gasteiger partial charge in [0.1, 0.15) is 0 Å². The number of hydrogen-bond donors (Lipinski definition) is 1. The fourth-order valence-electron chi connectivity index (χ4n) is 2.91. The molecular formula is C14H19Cl2N. The predicted octanol–water partition coefficient (Wildman–Crippen LogP) is 4.54. The molecule has 1 aromatic rings. The van der Waals surface area contributed by atoms with Crippen molar-refractivity contribution in [3.05, 3.63) is 33.8 Å². The fraction of sp³-hybridized carbons (Fsp3) is 0.571. The van der Waals surface area contributed by atoms with Crippen molar-refractivity contribution in [2.24, 2.45) is 5.73 Å². The summed E-state index contributed by atoms with van der Waals surface area (Å²) < 4.78 is 0. The van der Waals surface area contributed by atoms with E-state index in [2.05, 4.69) is 6.07 Å². The summed E-state index contributed by atoms with van der Waals surface area (Å²) in [5.74, 6) is 0. The molecule has 1 nitrogen and oxygen atoms in total. The molecule has 2 rings (SSSR count). The summed E-state index contributed by atoms with van der Waals surface area (Å²) in [6.07, 6.45) is 7.40. The van der Waals surface area contributed by atoms with Gasteiger partial charge in [-0.25, -0.2) is 0 Å². The molecule has 1 aliphatic carbocycles. The maximum atomic E-state index is 6.34. The van der Waals surface area contributed by atoms with Gasteiger partial charge in [-0.2, -0.15) is 0 Å². The third-order valence-corrected chi connectivity index (χ3v) is 4.50. The Hall–Kier alpha value is -0.240. The molecule has 94 valence electrons. The van der Waals surface area contributed by atoms with E-state index in [0.29, 0.717) is 11.6 Å². The van der Waals surface area contributed by atoms with E-state index in [1.807, 2.05) is 12.1 Å². The quantitative estimate of drug-likeness (QED) is 0.785. The Morgan fingerprint density at radius 3 is 2.24 bits per heavy atom. The van der Waals surface area contributed by atoms with Gasteiger partial charge in [0.25, 0.3) is 0 Å². The first-order valence-corrected chi connectivity index (χ1v) is 7.09. The zero-order chi connectivity index (χ0) is 12.3. The molecule has 2 N–H and O–H groups in total. The Labute approximate surface area is 113 Å². The van der Waals surface area contributed by atoms with Crippen LogP contribution >= 0.6 is 23.2 Å². The number of hydrogen-bond acceptors (Lipinski definition) is 1. The molecule has 0 bridgehead atoms. The Morgan fingerprint density at radius 2 is 1.71 bits per heavy atom. The molecule has 1 saturated carbocycles. The fourth-order valence-corrected chi connectivity index (χ4v) is 3.52. The van der Waals surface area contributed by atoms with Gasteiger partial charge in [0.05, 0.1) is 0 Å². The van der Waals surface area contributed by atoms with E-state index < -0.39 is 0 Å². The summed E-state index contributed by atoms with van der Waals surface area (Å²) in [7, 11) is 0. The van der Waals surface area contributed by atoms with Gasteiger partial charge in [0.2, 0.25) is 0 Å². The van der Waals surface area contributed by atoms with Gasteiger partial charge in [-0.05, 0) is 30.5 Å². The Kier molecular flexibility index (Phi) is 4.35. The lowest BCUT2D eigenvalue weighted by molar-refractivity contribution is 0.381. The van der Waals surface area contributed by atoms with Gasteiger partial charge in [0.15, 0.2) is 0 Å². The molecular weight excluding hydrogens is 253 g/mol. The van der Waals surface area contributed by atoms with Gasteiger partial charge in [-0.3, -0.25) is 0 Å². The second kappa shape index (κ2) is 5.60. The lowest BCUT2D eigenvalue weighted by Gasteiger charge is -2.33. The highest BCUT2D eigenvalue weighted by molar-refractivity contribution is 6.35. The van der Waals surface area contributed by atoms with Gasteiger partial charge in [0, 0.05) is 22.0 Å². The molecule has 1 aromatic carbocycles. The van der Waals surface area contributed by atoms with Crippen LogP contribution in [0.25, 0.3) is 0 Å². The molecule has 17 heavy (non-hydrogen) atoms. The summed E-state index contributed by atoms with van der Waals surface area (Å²) in [4.78, 5) is 0. The number of nitrogens with two attached hydrogens (primary N) is 1. The van der Waals surface area contributed by atoms with Crippen molar-refractivity contribution in [2.45, 2.75) is 43.9 Å². The van der Waals surface area contributed by atoms with Gasteiger partial charge >= 0.3 is 0 Å². The topological polar surface area (TPSA) is 26.0 Å². The summed E-state index contributed by atoms with van der Waals surface area (Å²) in [5, 5.41) is 1.46. The third kappa shape index (κ3) is 2.78. The summed E-state index contributed by atoms with van der Waals surface area (Å²) in [6.45, 7) is 0.675. The van der Waals surface area contributed by atoms with Gasteiger partial charge in [-0.15, -0.1) is 0 Å². The second-order valence-electron chi connectivity index (χ2n) is 5.02. The van der Waals surface area contributed by atoms with Crippen LogP contribution in [0.2, 0.25) is 10.0 Å². The van der Waals surface area contributed by atoms with E-state index in [1.165, 1.54) is 31.2 Å². The van der Waals surface area contributed by atoms with Crippen LogP contribution in [0.3, 0.4) is 0 Å². The maximum absolute atomic E-state index is 6.34. The molecule has 0 radical (unpaired) electrons. The van der Waals surface area contributed by atoms with Crippen molar-refractivity contribution in [2.75, 3.05) is 6.54 Å². The maximum Gasteiger partial charge on any atom is 0.0458 e. The van der Waals surface area contributed by atoms with Crippen LogP contribution < -0.4 is 5.73 Å². The van der Waals surface area contributed by atoms with Crippen molar-refractivity contribution < 1.29 is 0 Å². The molecule has 0 unspecified atom stereocenters.